The number of non-ortho nitro benzene ring substituents is 1. The largest absolute Gasteiger partial charge is 0.345 e. The van der Waals surface area contributed by atoms with Crippen LogP contribution in [0.5, 0.6) is 0 Å². The third kappa shape index (κ3) is 3.33. The number of piperazine rings is 1. The van der Waals surface area contributed by atoms with Gasteiger partial charge in [-0.3, -0.25) is 14.9 Å². The van der Waals surface area contributed by atoms with Crippen LogP contribution in [0, 0.1) is 15.9 Å². The molecule has 4 rings (SSSR count). The molecular weight excluding hydrogens is 371 g/mol. The van der Waals surface area contributed by atoms with Crippen molar-refractivity contribution in [2.75, 3.05) is 31.1 Å². The van der Waals surface area contributed by atoms with Gasteiger partial charge in [0.15, 0.2) is 5.13 Å². The normalized spacial score (nSPS) is 14.6. The smallest absolute Gasteiger partial charge is 0.269 e. The summed E-state index contributed by atoms with van der Waals surface area (Å²) >= 11 is 1.44. The van der Waals surface area contributed by atoms with Gasteiger partial charge >= 0.3 is 0 Å². The number of halogens is 1. The van der Waals surface area contributed by atoms with Crippen LogP contribution in [0.25, 0.3) is 10.2 Å². The minimum Gasteiger partial charge on any atom is -0.345 e. The Morgan fingerprint density at radius 2 is 1.81 bits per heavy atom. The zero-order valence-electron chi connectivity index (χ0n) is 14.2. The van der Waals surface area contributed by atoms with Crippen LogP contribution in [0.1, 0.15) is 10.4 Å². The van der Waals surface area contributed by atoms with Crippen LogP contribution in [0.4, 0.5) is 15.2 Å². The summed E-state index contributed by atoms with van der Waals surface area (Å²) < 4.78 is 14.6. The number of aromatic nitrogens is 1. The lowest BCUT2D eigenvalue weighted by molar-refractivity contribution is -0.384. The summed E-state index contributed by atoms with van der Waals surface area (Å²) in [6.07, 6.45) is 0. The summed E-state index contributed by atoms with van der Waals surface area (Å²) in [5.41, 5.74) is 0.762. The molecule has 2 aromatic carbocycles. The molecule has 0 bridgehead atoms. The molecule has 0 unspecified atom stereocenters. The standard InChI is InChI=1S/C18H15FN4O3S/c19-14-2-1-3-15-16(14)20-18(27-15)22-10-8-21(9-11-22)17(24)12-4-6-13(7-5-12)23(25)26/h1-7H,8-11H2. The third-order valence-corrected chi connectivity index (χ3v) is 5.60. The van der Waals surface area contributed by atoms with E-state index in [0.717, 1.165) is 9.83 Å². The second-order valence-corrected chi connectivity index (χ2v) is 7.18. The molecule has 0 atom stereocenters. The minimum atomic E-state index is -0.492. The van der Waals surface area contributed by atoms with E-state index in [1.165, 1.54) is 41.7 Å². The van der Waals surface area contributed by atoms with Crippen molar-refractivity contribution in [3.8, 4) is 0 Å². The molecule has 3 aromatic rings. The van der Waals surface area contributed by atoms with Crippen LogP contribution in [0.15, 0.2) is 42.5 Å². The number of thiazole rings is 1. The summed E-state index contributed by atoms with van der Waals surface area (Å²) in [6.45, 7) is 2.21. The first-order valence-electron chi connectivity index (χ1n) is 8.36. The average molecular weight is 386 g/mol. The number of carbonyl (C=O) groups is 1. The molecule has 0 N–H and O–H groups in total. The van der Waals surface area contributed by atoms with Gasteiger partial charge in [0.1, 0.15) is 11.3 Å². The fourth-order valence-electron chi connectivity index (χ4n) is 3.05. The number of amides is 1. The van der Waals surface area contributed by atoms with Crippen LogP contribution in [-0.4, -0.2) is 46.9 Å². The zero-order valence-corrected chi connectivity index (χ0v) is 15.0. The molecule has 0 saturated carbocycles. The molecule has 0 radical (unpaired) electrons. The molecule has 1 amide bonds. The van der Waals surface area contributed by atoms with Gasteiger partial charge in [-0.1, -0.05) is 17.4 Å². The summed E-state index contributed by atoms with van der Waals surface area (Å²) in [5, 5.41) is 11.5. The first-order valence-corrected chi connectivity index (χ1v) is 9.18. The van der Waals surface area contributed by atoms with E-state index in [2.05, 4.69) is 4.98 Å². The molecule has 2 heterocycles. The quantitative estimate of drug-likeness (QED) is 0.510. The Morgan fingerprint density at radius 1 is 1.11 bits per heavy atom. The first kappa shape index (κ1) is 17.3. The molecule has 0 aliphatic carbocycles. The Hall–Kier alpha value is -3.07. The Kier molecular flexibility index (Phi) is 4.44. The van der Waals surface area contributed by atoms with E-state index < -0.39 is 4.92 Å². The van der Waals surface area contributed by atoms with E-state index in [1.807, 2.05) is 11.0 Å². The summed E-state index contributed by atoms with van der Waals surface area (Å²) in [4.78, 5) is 31.0. The Morgan fingerprint density at radius 3 is 2.44 bits per heavy atom. The molecular formula is C18H15FN4O3S. The molecule has 27 heavy (non-hydrogen) atoms. The molecule has 9 heteroatoms. The van der Waals surface area contributed by atoms with Crippen LogP contribution < -0.4 is 4.90 Å². The predicted octanol–water partition coefficient (Wildman–Crippen LogP) is 3.31. The number of nitro groups is 1. The van der Waals surface area contributed by atoms with Gasteiger partial charge in [-0.25, -0.2) is 9.37 Å². The van der Waals surface area contributed by atoms with Crippen LogP contribution in [0.3, 0.4) is 0 Å². The fraction of sp³-hybridized carbons (Fsp3) is 0.222. The SMILES string of the molecule is O=C(c1ccc([N+](=O)[O-])cc1)N1CCN(c2nc3c(F)cccc3s2)CC1. The van der Waals surface area contributed by atoms with Crippen molar-refractivity contribution in [1.82, 2.24) is 9.88 Å². The number of rotatable bonds is 3. The lowest BCUT2D eigenvalue weighted by Crippen LogP contribution is -2.48. The first-order chi connectivity index (χ1) is 13.0. The van der Waals surface area contributed by atoms with Crippen molar-refractivity contribution in [2.24, 2.45) is 0 Å². The number of carbonyl (C=O) groups excluding carboxylic acids is 1. The van der Waals surface area contributed by atoms with Gasteiger partial charge < -0.3 is 9.80 Å². The number of hydrogen-bond acceptors (Lipinski definition) is 6. The number of nitro benzene ring substituents is 1. The van der Waals surface area contributed by atoms with Crippen molar-refractivity contribution < 1.29 is 14.1 Å². The van der Waals surface area contributed by atoms with Crippen molar-refractivity contribution in [2.45, 2.75) is 0 Å². The number of hydrogen-bond donors (Lipinski definition) is 0. The third-order valence-electron chi connectivity index (χ3n) is 4.52. The van der Waals surface area contributed by atoms with Gasteiger partial charge in [0.05, 0.1) is 9.62 Å². The maximum Gasteiger partial charge on any atom is 0.269 e. The molecule has 1 saturated heterocycles. The molecule has 1 aliphatic heterocycles. The van der Waals surface area contributed by atoms with Gasteiger partial charge in [0.25, 0.3) is 11.6 Å². The van der Waals surface area contributed by atoms with Gasteiger partial charge in [0, 0.05) is 43.9 Å². The minimum absolute atomic E-state index is 0.0422. The van der Waals surface area contributed by atoms with Crippen molar-refractivity contribution in [1.29, 1.82) is 0 Å². The monoisotopic (exact) mass is 386 g/mol. The van der Waals surface area contributed by atoms with Gasteiger partial charge in [-0.05, 0) is 24.3 Å². The topological polar surface area (TPSA) is 79.6 Å². The van der Waals surface area contributed by atoms with Crippen molar-refractivity contribution in [3.63, 3.8) is 0 Å². The highest BCUT2D eigenvalue weighted by molar-refractivity contribution is 7.22. The van der Waals surface area contributed by atoms with E-state index in [4.69, 9.17) is 0 Å². The highest BCUT2D eigenvalue weighted by atomic mass is 32.1. The second-order valence-electron chi connectivity index (χ2n) is 6.17. The maximum absolute atomic E-state index is 13.8. The Balaban J connectivity index is 1.44. The molecule has 1 aliphatic rings. The maximum atomic E-state index is 13.8. The van der Waals surface area contributed by atoms with Crippen molar-refractivity contribution >= 4 is 38.3 Å². The van der Waals surface area contributed by atoms with E-state index in [-0.39, 0.29) is 17.4 Å². The molecule has 7 nitrogen and oxygen atoms in total. The number of nitrogens with zero attached hydrogens (tertiary/aromatic N) is 4. The van der Waals surface area contributed by atoms with Crippen molar-refractivity contribution in [3.05, 3.63) is 64.0 Å². The number of anilines is 1. The second kappa shape index (κ2) is 6.92. The summed E-state index contributed by atoms with van der Waals surface area (Å²) in [7, 11) is 0. The van der Waals surface area contributed by atoms with E-state index in [1.54, 1.807) is 11.0 Å². The van der Waals surface area contributed by atoms with E-state index >= 15 is 0 Å². The molecule has 1 aromatic heterocycles. The number of para-hydroxylation sites is 1. The fourth-order valence-corrected chi connectivity index (χ4v) is 4.08. The number of benzene rings is 2. The Bertz CT molecular complexity index is 1010. The lowest BCUT2D eigenvalue weighted by atomic mass is 10.1. The Labute approximate surface area is 157 Å². The number of fused-ring (bicyclic) bond motifs is 1. The van der Waals surface area contributed by atoms with Crippen LogP contribution in [0.2, 0.25) is 0 Å². The lowest BCUT2D eigenvalue weighted by Gasteiger charge is -2.34. The highest BCUT2D eigenvalue weighted by Gasteiger charge is 2.24. The van der Waals surface area contributed by atoms with Crippen LogP contribution in [-0.2, 0) is 0 Å². The van der Waals surface area contributed by atoms with Crippen LogP contribution >= 0.6 is 11.3 Å². The molecule has 1 fully saturated rings. The summed E-state index contributed by atoms with van der Waals surface area (Å²) in [6, 6.07) is 10.5. The van der Waals surface area contributed by atoms with E-state index in [9.17, 15) is 19.3 Å². The van der Waals surface area contributed by atoms with Gasteiger partial charge in [-0.2, -0.15) is 0 Å². The van der Waals surface area contributed by atoms with E-state index in [0.29, 0.717) is 37.3 Å². The average Bonchev–Trinajstić information content (AvgIpc) is 3.13. The highest BCUT2D eigenvalue weighted by Crippen LogP contribution is 2.30. The molecule has 138 valence electrons. The van der Waals surface area contributed by atoms with Gasteiger partial charge in [-0.15, -0.1) is 0 Å². The zero-order chi connectivity index (χ0) is 19.0. The predicted molar refractivity (Wildman–Crippen MR) is 101 cm³/mol. The summed E-state index contributed by atoms with van der Waals surface area (Å²) in [5.74, 6) is -0.484. The van der Waals surface area contributed by atoms with Gasteiger partial charge in [0.2, 0.25) is 0 Å². The molecule has 0 spiro atoms.